The summed E-state index contributed by atoms with van der Waals surface area (Å²) in [7, 11) is -3.45. The van der Waals surface area contributed by atoms with Gasteiger partial charge in [0.05, 0.1) is 13.2 Å². The van der Waals surface area contributed by atoms with Gasteiger partial charge in [-0.1, -0.05) is 24.3 Å². The molecule has 0 unspecified atom stereocenters. The van der Waals surface area contributed by atoms with E-state index in [1.807, 2.05) is 31.2 Å². The van der Waals surface area contributed by atoms with Crippen molar-refractivity contribution in [2.75, 3.05) is 26.3 Å². The number of benzene rings is 1. The van der Waals surface area contributed by atoms with Crippen LogP contribution in [0.2, 0.25) is 0 Å². The van der Waals surface area contributed by atoms with Gasteiger partial charge in [0.15, 0.2) is 0 Å². The first-order chi connectivity index (χ1) is 11.5. The van der Waals surface area contributed by atoms with E-state index < -0.39 is 10.0 Å². The van der Waals surface area contributed by atoms with Gasteiger partial charge in [0, 0.05) is 31.1 Å². The summed E-state index contributed by atoms with van der Waals surface area (Å²) in [6, 6.07) is 11.5. The number of nitrogens with zero attached hydrogens (tertiary/aromatic N) is 1. The summed E-state index contributed by atoms with van der Waals surface area (Å²) in [6.45, 7) is 6.36. The van der Waals surface area contributed by atoms with Gasteiger partial charge in [0.2, 0.25) is 10.0 Å². The number of hydrogen-bond donors (Lipinski definition) is 1. The number of thiophene rings is 1. The average molecular weight is 367 g/mol. The molecule has 1 aromatic heterocycles. The molecule has 5 nitrogen and oxygen atoms in total. The van der Waals surface area contributed by atoms with E-state index in [0.29, 0.717) is 10.8 Å². The van der Waals surface area contributed by atoms with Gasteiger partial charge in [0.25, 0.3) is 0 Å². The minimum absolute atomic E-state index is 0.305. The lowest BCUT2D eigenvalue weighted by atomic mass is 10.1. The first-order valence-corrected chi connectivity index (χ1v) is 10.3. The fourth-order valence-corrected chi connectivity index (χ4v) is 5.02. The zero-order valence-electron chi connectivity index (χ0n) is 13.7. The molecule has 1 aliphatic heterocycles. The van der Waals surface area contributed by atoms with Gasteiger partial charge in [-0.15, -0.1) is 11.3 Å². The van der Waals surface area contributed by atoms with E-state index in [-0.39, 0.29) is 0 Å². The van der Waals surface area contributed by atoms with E-state index >= 15 is 0 Å². The molecule has 2 heterocycles. The second kappa shape index (κ2) is 7.76. The van der Waals surface area contributed by atoms with Gasteiger partial charge < -0.3 is 4.74 Å². The highest BCUT2D eigenvalue weighted by atomic mass is 32.2. The maximum Gasteiger partial charge on any atom is 0.250 e. The van der Waals surface area contributed by atoms with E-state index in [4.69, 9.17) is 4.74 Å². The molecule has 1 saturated heterocycles. The Morgan fingerprint density at radius 3 is 2.50 bits per heavy atom. The third kappa shape index (κ3) is 4.43. The largest absolute Gasteiger partial charge is 0.379 e. The van der Waals surface area contributed by atoms with Crippen molar-refractivity contribution in [3.8, 4) is 0 Å². The summed E-state index contributed by atoms with van der Waals surface area (Å²) in [6.07, 6.45) is 0. The maximum absolute atomic E-state index is 12.4. The molecule has 0 saturated carbocycles. The fraction of sp³-hybridized carbons (Fsp3) is 0.412. The van der Waals surface area contributed by atoms with Gasteiger partial charge in [-0.05, 0) is 30.2 Å². The van der Waals surface area contributed by atoms with E-state index in [2.05, 4.69) is 15.7 Å². The molecule has 1 aliphatic rings. The van der Waals surface area contributed by atoms with Crippen molar-refractivity contribution in [1.29, 1.82) is 0 Å². The SMILES string of the molecule is Cc1ccc(S(=O)(=O)NCc2ccccc2CN2CCOCC2)s1. The Labute approximate surface area is 147 Å². The summed E-state index contributed by atoms with van der Waals surface area (Å²) in [5.74, 6) is 0. The lowest BCUT2D eigenvalue weighted by molar-refractivity contribution is 0.0341. The number of morpholine rings is 1. The molecule has 24 heavy (non-hydrogen) atoms. The lowest BCUT2D eigenvalue weighted by Crippen LogP contribution is -2.36. The molecule has 3 rings (SSSR count). The Morgan fingerprint density at radius 2 is 1.83 bits per heavy atom. The summed E-state index contributed by atoms with van der Waals surface area (Å²) in [5, 5.41) is 0. The molecule has 0 radical (unpaired) electrons. The molecule has 0 bridgehead atoms. The van der Waals surface area contributed by atoms with Crippen molar-refractivity contribution in [2.45, 2.75) is 24.2 Å². The molecule has 0 aliphatic carbocycles. The number of hydrogen-bond acceptors (Lipinski definition) is 5. The van der Waals surface area contributed by atoms with Crippen LogP contribution in [0, 0.1) is 6.92 Å². The lowest BCUT2D eigenvalue weighted by Gasteiger charge is -2.27. The van der Waals surface area contributed by atoms with Crippen LogP contribution in [-0.4, -0.2) is 39.6 Å². The molecule has 2 aromatic rings. The van der Waals surface area contributed by atoms with Crippen molar-refractivity contribution in [3.63, 3.8) is 0 Å². The van der Waals surface area contributed by atoms with E-state index in [0.717, 1.165) is 48.9 Å². The van der Waals surface area contributed by atoms with Crippen LogP contribution in [0.1, 0.15) is 16.0 Å². The monoisotopic (exact) mass is 366 g/mol. The predicted octanol–water partition coefficient (Wildman–Crippen LogP) is 2.37. The van der Waals surface area contributed by atoms with Crippen LogP contribution < -0.4 is 4.72 Å². The molecule has 7 heteroatoms. The van der Waals surface area contributed by atoms with Crippen LogP contribution in [0.25, 0.3) is 0 Å². The van der Waals surface area contributed by atoms with Gasteiger partial charge in [-0.25, -0.2) is 13.1 Å². The van der Waals surface area contributed by atoms with Crippen LogP contribution in [0.3, 0.4) is 0 Å². The Balaban J connectivity index is 1.68. The minimum atomic E-state index is -3.45. The third-order valence-electron chi connectivity index (χ3n) is 4.05. The molecule has 0 spiro atoms. The summed E-state index contributed by atoms with van der Waals surface area (Å²) < 4.78 is 33.3. The normalized spacial score (nSPS) is 16.4. The first-order valence-electron chi connectivity index (χ1n) is 7.97. The zero-order chi connectivity index (χ0) is 17.0. The molecule has 130 valence electrons. The Bertz CT molecular complexity index is 781. The smallest absolute Gasteiger partial charge is 0.250 e. The standard InChI is InChI=1S/C17H22N2O3S2/c1-14-6-7-17(23-14)24(20,21)18-12-15-4-2-3-5-16(15)13-19-8-10-22-11-9-19/h2-7,18H,8-13H2,1H3. The van der Waals surface area contributed by atoms with E-state index in [1.165, 1.54) is 11.3 Å². The summed E-state index contributed by atoms with van der Waals surface area (Å²) in [4.78, 5) is 3.32. The molecular formula is C17H22N2O3S2. The van der Waals surface area contributed by atoms with Crippen molar-refractivity contribution in [1.82, 2.24) is 9.62 Å². The number of ether oxygens (including phenoxy) is 1. The van der Waals surface area contributed by atoms with Crippen LogP contribution in [-0.2, 0) is 27.8 Å². The molecule has 0 amide bonds. The second-order valence-corrected chi connectivity index (χ2v) is 9.13. The van der Waals surface area contributed by atoms with Gasteiger partial charge >= 0.3 is 0 Å². The van der Waals surface area contributed by atoms with Crippen LogP contribution in [0.4, 0.5) is 0 Å². The van der Waals surface area contributed by atoms with Gasteiger partial charge in [-0.3, -0.25) is 4.90 Å². The van der Waals surface area contributed by atoms with E-state index in [9.17, 15) is 8.42 Å². The molecular weight excluding hydrogens is 344 g/mol. The Hall–Kier alpha value is -1.25. The van der Waals surface area contributed by atoms with Crippen LogP contribution in [0.15, 0.2) is 40.6 Å². The third-order valence-corrected chi connectivity index (χ3v) is 6.94. The van der Waals surface area contributed by atoms with Gasteiger partial charge in [-0.2, -0.15) is 0 Å². The zero-order valence-corrected chi connectivity index (χ0v) is 15.3. The topological polar surface area (TPSA) is 58.6 Å². The Morgan fingerprint density at radius 1 is 1.12 bits per heavy atom. The minimum Gasteiger partial charge on any atom is -0.379 e. The van der Waals surface area contributed by atoms with Crippen molar-refractivity contribution < 1.29 is 13.2 Å². The van der Waals surface area contributed by atoms with Crippen LogP contribution in [0.5, 0.6) is 0 Å². The second-order valence-electron chi connectivity index (χ2n) is 5.85. The number of aryl methyl sites for hydroxylation is 1. The van der Waals surface area contributed by atoms with E-state index in [1.54, 1.807) is 6.07 Å². The molecule has 0 atom stereocenters. The van der Waals surface area contributed by atoms with Gasteiger partial charge in [0.1, 0.15) is 4.21 Å². The highest BCUT2D eigenvalue weighted by molar-refractivity contribution is 7.91. The summed E-state index contributed by atoms with van der Waals surface area (Å²) >= 11 is 1.29. The number of sulfonamides is 1. The number of nitrogens with one attached hydrogen (secondary N) is 1. The molecule has 1 fully saturated rings. The maximum atomic E-state index is 12.4. The van der Waals surface area contributed by atoms with Crippen molar-refractivity contribution in [2.24, 2.45) is 0 Å². The quantitative estimate of drug-likeness (QED) is 0.853. The highest BCUT2D eigenvalue weighted by Crippen LogP contribution is 2.21. The van der Waals surface area contributed by atoms with Crippen molar-refractivity contribution in [3.05, 3.63) is 52.4 Å². The molecule has 1 aromatic carbocycles. The summed E-state index contributed by atoms with van der Waals surface area (Å²) in [5.41, 5.74) is 2.17. The number of rotatable bonds is 6. The van der Waals surface area contributed by atoms with Crippen LogP contribution >= 0.6 is 11.3 Å². The average Bonchev–Trinajstić information content (AvgIpc) is 3.03. The Kier molecular flexibility index (Phi) is 5.68. The predicted molar refractivity (Wildman–Crippen MR) is 95.6 cm³/mol. The molecule has 1 N–H and O–H groups in total. The van der Waals surface area contributed by atoms with Crippen molar-refractivity contribution >= 4 is 21.4 Å². The highest BCUT2D eigenvalue weighted by Gasteiger charge is 2.17. The first kappa shape index (κ1) is 17.6. The fourth-order valence-electron chi connectivity index (χ4n) is 2.68.